The molecule has 3 aliphatic rings. The summed E-state index contributed by atoms with van der Waals surface area (Å²) in [5.41, 5.74) is 18.2. The Balaban J connectivity index is 0.00000184. The van der Waals surface area contributed by atoms with Gasteiger partial charge in [-0.25, -0.2) is 0 Å². The van der Waals surface area contributed by atoms with Crippen LogP contribution in [0.15, 0.2) is 96.1 Å². The van der Waals surface area contributed by atoms with Gasteiger partial charge in [0.2, 0.25) is 0 Å². The van der Waals surface area contributed by atoms with Gasteiger partial charge >= 0.3 is 253 Å². The summed E-state index contributed by atoms with van der Waals surface area (Å²) in [6.45, 7) is 9.12. The maximum atomic E-state index is 2.65. The second kappa shape index (κ2) is 13.0. The van der Waals surface area contributed by atoms with Crippen molar-refractivity contribution in [1.82, 2.24) is 0 Å². The molecule has 2 unspecified atom stereocenters. The number of fused-ring (bicyclic) bond motifs is 2. The van der Waals surface area contributed by atoms with E-state index in [-0.39, 0.29) is 24.8 Å². The van der Waals surface area contributed by atoms with Crippen LogP contribution in [0.2, 0.25) is 8.35 Å². The molecule has 3 heteroatoms. The Labute approximate surface area is 275 Å². The standard InChI is InChI=1S/2C19H19.C2H4.2ClH.Hf/c2*1-3-5-15-12-17-6-4-7-18(19(17)13-15)16-10-8-14(2)9-11-16;1-2;;;/h2*4,6-13H,3,5H2,1-2H3;1-2H2;2*1H;/q;;;;;+2/p-2. The minimum atomic E-state index is -2.87. The van der Waals surface area contributed by atoms with Crippen LogP contribution in [0.5, 0.6) is 0 Å². The van der Waals surface area contributed by atoms with Gasteiger partial charge in [0, 0.05) is 0 Å². The van der Waals surface area contributed by atoms with Crippen molar-refractivity contribution in [1.29, 1.82) is 0 Å². The van der Waals surface area contributed by atoms with Crippen molar-refractivity contribution in [2.45, 2.75) is 69.1 Å². The molecule has 0 nitrogen and oxygen atoms in total. The predicted molar refractivity (Wildman–Crippen MR) is 174 cm³/mol. The third kappa shape index (κ3) is 5.60. The van der Waals surface area contributed by atoms with E-state index >= 15 is 0 Å². The Morgan fingerprint density at radius 3 is 1.30 bits per heavy atom. The largest absolute Gasteiger partial charge is 1.00 e. The summed E-state index contributed by atoms with van der Waals surface area (Å²) in [7, 11) is 0. The fourth-order valence-electron chi connectivity index (χ4n) is 8.15. The molecule has 0 aromatic heterocycles. The van der Waals surface area contributed by atoms with Gasteiger partial charge in [-0.3, -0.25) is 0 Å². The maximum Gasteiger partial charge on any atom is -1.00 e. The van der Waals surface area contributed by atoms with Crippen molar-refractivity contribution in [3.05, 3.63) is 129 Å². The average Bonchev–Trinajstić information content (AvgIpc) is 3.53. The fraction of sp³-hybridized carbons (Fsp3) is 0.300. The van der Waals surface area contributed by atoms with Gasteiger partial charge < -0.3 is 24.8 Å². The van der Waals surface area contributed by atoms with Crippen LogP contribution in [0.1, 0.15) is 80.3 Å². The Kier molecular flexibility index (Phi) is 9.77. The first kappa shape index (κ1) is 32.2. The van der Waals surface area contributed by atoms with E-state index in [4.69, 9.17) is 0 Å². The normalized spacial score (nSPS) is 18.2. The van der Waals surface area contributed by atoms with E-state index in [0.29, 0.717) is 0 Å². The van der Waals surface area contributed by atoms with Crippen molar-refractivity contribution in [2.75, 3.05) is 0 Å². The quantitative estimate of drug-likeness (QED) is 0.198. The van der Waals surface area contributed by atoms with Gasteiger partial charge in [-0.05, 0) is 0 Å². The van der Waals surface area contributed by atoms with E-state index in [1.807, 2.05) is 0 Å². The first-order chi connectivity index (χ1) is 20.0. The molecule has 0 spiro atoms. The molecular formula is C40H42Cl2Hf. The van der Waals surface area contributed by atoms with E-state index in [9.17, 15) is 0 Å². The van der Waals surface area contributed by atoms with E-state index in [1.165, 1.54) is 78.5 Å². The summed E-state index contributed by atoms with van der Waals surface area (Å²) < 4.78 is 4.52. The number of hydrogen-bond acceptors (Lipinski definition) is 0. The molecule has 0 saturated carbocycles. The first-order valence-corrected chi connectivity index (χ1v) is 25.1. The average molecular weight is 772 g/mol. The van der Waals surface area contributed by atoms with Crippen LogP contribution in [0, 0.1) is 13.8 Å². The third-order valence-electron chi connectivity index (χ3n) is 10.1. The SMILES string of the molecule is CCCC1=Cc2c(-c3ccc(C)cc3)cccc2[CH]1[Hf+2]1([CH]2C(CCC)=Cc3c(-c4ccc(C)cc4)cccc32)[CH2][CH2]1.[Cl-].[Cl-]. The predicted octanol–water partition coefficient (Wildman–Crippen LogP) is 5.83. The monoisotopic (exact) mass is 772 g/mol. The second-order valence-corrected chi connectivity index (χ2v) is 29.5. The minimum Gasteiger partial charge on any atom is -1.00 e. The minimum absolute atomic E-state index is 0. The number of hydrogen-bond donors (Lipinski definition) is 0. The second-order valence-electron chi connectivity index (χ2n) is 12.9. The molecule has 43 heavy (non-hydrogen) atoms. The van der Waals surface area contributed by atoms with Gasteiger partial charge in [0.05, 0.1) is 0 Å². The molecule has 4 aromatic carbocycles. The summed E-state index contributed by atoms with van der Waals surface area (Å²) in [4.78, 5) is 0. The molecule has 1 saturated heterocycles. The molecule has 2 atom stereocenters. The van der Waals surface area contributed by atoms with Gasteiger partial charge in [0.25, 0.3) is 0 Å². The Bertz CT molecular complexity index is 1550. The Hall–Kier alpha value is -2.19. The molecule has 7 rings (SSSR count). The molecule has 1 heterocycles. The van der Waals surface area contributed by atoms with Crippen LogP contribution >= 0.6 is 0 Å². The van der Waals surface area contributed by atoms with Crippen LogP contribution in [0.3, 0.4) is 0 Å². The summed E-state index contributed by atoms with van der Waals surface area (Å²) in [6.07, 6.45) is 10.3. The summed E-state index contributed by atoms with van der Waals surface area (Å²) in [5.74, 6) is 0. The van der Waals surface area contributed by atoms with Crippen LogP contribution in [-0.2, 0) is 20.0 Å². The fourth-order valence-corrected chi connectivity index (χ4v) is 36.2. The van der Waals surface area contributed by atoms with Crippen LogP contribution in [0.25, 0.3) is 34.4 Å². The van der Waals surface area contributed by atoms with Crippen molar-refractivity contribution in [3.8, 4) is 22.3 Å². The number of aryl methyl sites for hydroxylation is 2. The Morgan fingerprint density at radius 2 is 0.953 bits per heavy atom. The molecule has 220 valence electrons. The van der Waals surface area contributed by atoms with Gasteiger partial charge in [0.1, 0.15) is 0 Å². The van der Waals surface area contributed by atoms with Crippen molar-refractivity contribution in [3.63, 3.8) is 0 Å². The molecule has 0 amide bonds. The molecule has 2 aliphatic carbocycles. The van der Waals surface area contributed by atoms with E-state index < -0.39 is 20.0 Å². The molecule has 1 aliphatic heterocycles. The first-order valence-electron chi connectivity index (χ1n) is 15.8. The molecule has 0 N–H and O–H groups in total. The zero-order valence-corrected chi connectivity index (χ0v) is 31.0. The van der Waals surface area contributed by atoms with Crippen molar-refractivity contribution < 1.29 is 44.8 Å². The van der Waals surface area contributed by atoms with Crippen molar-refractivity contribution in [2.24, 2.45) is 0 Å². The molecule has 4 aromatic rings. The topological polar surface area (TPSA) is 0 Å². The van der Waals surface area contributed by atoms with E-state index in [1.54, 1.807) is 22.3 Å². The van der Waals surface area contributed by atoms with E-state index in [0.717, 1.165) is 7.35 Å². The van der Waals surface area contributed by atoms with Gasteiger partial charge in [-0.1, -0.05) is 0 Å². The molecule has 0 bridgehead atoms. The van der Waals surface area contributed by atoms with Crippen LogP contribution < -0.4 is 24.8 Å². The van der Waals surface area contributed by atoms with Crippen molar-refractivity contribution >= 4 is 12.2 Å². The van der Waals surface area contributed by atoms with Crippen LogP contribution in [-0.4, -0.2) is 0 Å². The summed E-state index contributed by atoms with van der Waals surface area (Å²) >= 11 is -2.87. The Morgan fingerprint density at radius 1 is 0.558 bits per heavy atom. The van der Waals surface area contributed by atoms with Gasteiger partial charge in [-0.15, -0.1) is 0 Å². The summed E-state index contributed by atoms with van der Waals surface area (Å²) in [5, 5.41) is 0. The zero-order valence-electron chi connectivity index (χ0n) is 25.9. The molecule has 0 radical (unpaired) electrons. The maximum absolute atomic E-state index is 2.87. The smallest absolute Gasteiger partial charge is 1.00 e. The number of halogens is 2. The number of rotatable bonds is 8. The number of benzene rings is 4. The van der Waals surface area contributed by atoms with Gasteiger partial charge in [-0.2, -0.15) is 0 Å². The summed E-state index contributed by atoms with van der Waals surface area (Å²) in [6, 6.07) is 32.8. The third-order valence-corrected chi connectivity index (χ3v) is 29.2. The molecular weight excluding hydrogens is 730 g/mol. The van der Waals surface area contributed by atoms with Crippen LogP contribution in [0.4, 0.5) is 0 Å². The van der Waals surface area contributed by atoms with Gasteiger partial charge in [0.15, 0.2) is 0 Å². The molecule has 1 fully saturated rings. The number of allylic oxidation sites excluding steroid dienone is 2. The zero-order chi connectivity index (χ0) is 28.1. The van der Waals surface area contributed by atoms with E-state index in [2.05, 4.69) is 125 Å².